The minimum atomic E-state index is 0.716. The fraction of sp³-hybridized carbons (Fsp3) is 0.571. The maximum atomic E-state index is 6.02. The van der Waals surface area contributed by atoms with E-state index < -0.39 is 0 Å². The van der Waals surface area contributed by atoms with Gasteiger partial charge in [-0.3, -0.25) is 0 Å². The van der Waals surface area contributed by atoms with Crippen molar-refractivity contribution in [1.29, 1.82) is 0 Å². The zero-order valence-electron chi connectivity index (χ0n) is 10.6. The molecule has 1 saturated carbocycles. The Bertz CT molecular complexity index is 380. The van der Waals surface area contributed by atoms with Gasteiger partial charge in [0.15, 0.2) is 0 Å². The van der Waals surface area contributed by atoms with Crippen LogP contribution in [-0.2, 0) is 0 Å². The van der Waals surface area contributed by atoms with Crippen molar-refractivity contribution in [3.63, 3.8) is 0 Å². The van der Waals surface area contributed by atoms with Crippen LogP contribution >= 0.6 is 11.8 Å². The first-order valence-electron chi connectivity index (χ1n) is 6.29. The van der Waals surface area contributed by atoms with E-state index in [-0.39, 0.29) is 0 Å². The van der Waals surface area contributed by atoms with Crippen molar-refractivity contribution in [1.82, 2.24) is 0 Å². The molecule has 2 rings (SSSR count). The molecule has 0 amide bonds. The van der Waals surface area contributed by atoms with Crippen molar-refractivity contribution in [2.24, 2.45) is 5.92 Å². The molecule has 0 radical (unpaired) electrons. The number of nitrogens with two attached hydrogens (primary N) is 1. The quantitative estimate of drug-likeness (QED) is 0.826. The summed E-state index contributed by atoms with van der Waals surface area (Å²) in [4.78, 5) is 1.17. The number of hydrogen-bond donors (Lipinski definition) is 1. The van der Waals surface area contributed by atoms with Crippen LogP contribution in [-0.4, -0.2) is 12.4 Å². The number of nitrogen functional groups attached to an aromatic ring is 1. The number of hydrogen-bond acceptors (Lipinski definition) is 3. The maximum absolute atomic E-state index is 6.02. The minimum Gasteiger partial charge on any atom is -0.497 e. The van der Waals surface area contributed by atoms with Crippen LogP contribution in [0.2, 0.25) is 0 Å². The van der Waals surface area contributed by atoms with Crippen LogP contribution in [0.15, 0.2) is 23.1 Å². The van der Waals surface area contributed by atoms with E-state index in [1.807, 2.05) is 23.9 Å². The number of thioether (sulfide) groups is 1. The van der Waals surface area contributed by atoms with E-state index in [0.717, 1.165) is 17.4 Å². The molecule has 0 aliphatic heterocycles. The van der Waals surface area contributed by atoms with Gasteiger partial charge in [0, 0.05) is 15.8 Å². The van der Waals surface area contributed by atoms with Gasteiger partial charge in [-0.15, -0.1) is 11.8 Å². The van der Waals surface area contributed by atoms with Crippen LogP contribution in [0.1, 0.15) is 32.6 Å². The third-order valence-electron chi connectivity index (χ3n) is 3.40. The third-order valence-corrected chi connectivity index (χ3v) is 4.77. The predicted octanol–water partition coefficient (Wildman–Crippen LogP) is 3.95. The lowest BCUT2D eigenvalue weighted by molar-refractivity contribution is 0.394. The summed E-state index contributed by atoms with van der Waals surface area (Å²) in [6.07, 6.45) is 5.35. The lowest BCUT2D eigenvalue weighted by Crippen LogP contribution is -2.15. The van der Waals surface area contributed by atoms with Crippen molar-refractivity contribution in [2.75, 3.05) is 12.8 Å². The first-order chi connectivity index (χ1) is 8.19. The van der Waals surface area contributed by atoms with E-state index in [1.165, 1.54) is 30.6 Å². The fourth-order valence-electron chi connectivity index (χ4n) is 2.41. The standard InChI is InChI=1S/C14H21NOS/c1-10-4-3-5-12(8-10)17-14-9-11(16-2)6-7-13(14)15/h6-7,9-10,12H,3-5,8,15H2,1-2H3. The number of benzene rings is 1. The van der Waals surface area contributed by atoms with Crippen LogP contribution in [0.25, 0.3) is 0 Å². The summed E-state index contributed by atoms with van der Waals surface area (Å²) >= 11 is 1.92. The van der Waals surface area contributed by atoms with E-state index in [9.17, 15) is 0 Å². The molecule has 1 aliphatic carbocycles. The van der Waals surface area contributed by atoms with Gasteiger partial charge < -0.3 is 10.5 Å². The summed E-state index contributed by atoms with van der Waals surface area (Å²) in [5.74, 6) is 1.75. The molecule has 3 heteroatoms. The Labute approximate surface area is 108 Å². The number of rotatable bonds is 3. The summed E-state index contributed by atoms with van der Waals surface area (Å²) in [6.45, 7) is 2.35. The molecule has 2 N–H and O–H groups in total. The van der Waals surface area contributed by atoms with Gasteiger partial charge in [-0.05, 0) is 37.0 Å². The second-order valence-corrected chi connectivity index (χ2v) is 6.26. The maximum Gasteiger partial charge on any atom is 0.120 e. The van der Waals surface area contributed by atoms with Gasteiger partial charge in [-0.2, -0.15) is 0 Å². The Hall–Kier alpha value is -0.830. The highest BCUT2D eigenvalue weighted by atomic mass is 32.2. The van der Waals surface area contributed by atoms with Gasteiger partial charge in [0.25, 0.3) is 0 Å². The highest BCUT2D eigenvalue weighted by molar-refractivity contribution is 8.00. The first kappa shape index (κ1) is 12.6. The molecule has 1 aromatic rings. The van der Waals surface area contributed by atoms with Gasteiger partial charge in [-0.1, -0.05) is 19.8 Å². The van der Waals surface area contributed by atoms with Crippen LogP contribution in [0, 0.1) is 5.92 Å². The zero-order chi connectivity index (χ0) is 12.3. The van der Waals surface area contributed by atoms with Crippen LogP contribution < -0.4 is 10.5 Å². The first-order valence-corrected chi connectivity index (χ1v) is 7.17. The largest absolute Gasteiger partial charge is 0.497 e. The smallest absolute Gasteiger partial charge is 0.120 e. The third kappa shape index (κ3) is 3.32. The molecular formula is C14H21NOS. The lowest BCUT2D eigenvalue weighted by Gasteiger charge is -2.26. The van der Waals surface area contributed by atoms with Crippen LogP contribution in [0.3, 0.4) is 0 Å². The van der Waals surface area contributed by atoms with Crippen molar-refractivity contribution in [3.05, 3.63) is 18.2 Å². The zero-order valence-corrected chi connectivity index (χ0v) is 11.4. The van der Waals surface area contributed by atoms with Crippen LogP contribution in [0.4, 0.5) is 5.69 Å². The van der Waals surface area contributed by atoms with Gasteiger partial charge in [0.2, 0.25) is 0 Å². The van der Waals surface area contributed by atoms with E-state index in [4.69, 9.17) is 10.5 Å². The average molecular weight is 251 g/mol. The summed E-state index contributed by atoms with van der Waals surface area (Å²) in [7, 11) is 1.70. The Morgan fingerprint density at radius 1 is 1.35 bits per heavy atom. The summed E-state index contributed by atoms with van der Waals surface area (Å²) in [5, 5.41) is 0.716. The van der Waals surface area contributed by atoms with E-state index in [1.54, 1.807) is 7.11 Å². The molecule has 2 atom stereocenters. The summed E-state index contributed by atoms with van der Waals surface area (Å²) < 4.78 is 5.25. The molecule has 0 aromatic heterocycles. The summed E-state index contributed by atoms with van der Waals surface area (Å²) in [5.41, 5.74) is 6.89. The summed E-state index contributed by atoms with van der Waals surface area (Å²) in [6, 6.07) is 5.91. The Morgan fingerprint density at radius 3 is 2.88 bits per heavy atom. The fourth-order valence-corrected chi connectivity index (χ4v) is 3.87. The Balaban J connectivity index is 2.06. The molecule has 94 valence electrons. The molecule has 2 unspecified atom stereocenters. The molecule has 1 fully saturated rings. The number of methoxy groups -OCH3 is 1. The second kappa shape index (κ2) is 5.67. The van der Waals surface area contributed by atoms with Crippen molar-refractivity contribution in [3.8, 4) is 5.75 Å². The molecule has 0 bridgehead atoms. The van der Waals surface area contributed by atoms with E-state index in [2.05, 4.69) is 13.0 Å². The van der Waals surface area contributed by atoms with Gasteiger partial charge in [0.05, 0.1) is 7.11 Å². The average Bonchev–Trinajstić information content (AvgIpc) is 2.32. The number of anilines is 1. The van der Waals surface area contributed by atoms with Gasteiger partial charge in [0.1, 0.15) is 5.75 Å². The van der Waals surface area contributed by atoms with Crippen molar-refractivity contribution >= 4 is 17.4 Å². The minimum absolute atomic E-state index is 0.716. The molecule has 1 aliphatic rings. The lowest BCUT2D eigenvalue weighted by atomic mass is 9.91. The molecule has 1 aromatic carbocycles. The molecular weight excluding hydrogens is 230 g/mol. The molecule has 0 heterocycles. The second-order valence-electron chi connectivity index (χ2n) is 4.92. The molecule has 0 spiro atoms. The topological polar surface area (TPSA) is 35.2 Å². The van der Waals surface area contributed by atoms with Crippen molar-refractivity contribution < 1.29 is 4.74 Å². The Morgan fingerprint density at radius 2 is 2.18 bits per heavy atom. The Kier molecular flexibility index (Phi) is 4.21. The van der Waals surface area contributed by atoms with E-state index in [0.29, 0.717) is 5.25 Å². The SMILES string of the molecule is COc1ccc(N)c(SC2CCCC(C)C2)c1. The highest BCUT2D eigenvalue weighted by Crippen LogP contribution is 2.39. The highest BCUT2D eigenvalue weighted by Gasteiger charge is 2.20. The van der Waals surface area contributed by atoms with Gasteiger partial charge >= 0.3 is 0 Å². The van der Waals surface area contributed by atoms with Crippen molar-refractivity contribution in [2.45, 2.75) is 42.8 Å². The molecule has 0 saturated heterocycles. The van der Waals surface area contributed by atoms with E-state index >= 15 is 0 Å². The monoisotopic (exact) mass is 251 g/mol. The van der Waals surface area contributed by atoms with Crippen LogP contribution in [0.5, 0.6) is 5.75 Å². The molecule has 17 heavy (non-hydrogen) atoms. The predicted molar refractivity (Wildman–Crippen MR) is 74.7 cm³/mol. The molecule has 2 nitrogen and oxygen atoms in total. The normalized spacial score (nSPS) is 24.6. The number of ether oxygens (including phenoxy) is 1. The van der Waals surface area contributed by atoms with Gasteiger partial charge in [-0.25, -0.2) is 0 Å².